The van der Waals surface area contributed by atoms with E-state index < -0.39 is 10.0 Å². The van der Waals surface area contributed by atoms with Gasteiger partial charge < -0.3 is 9.32 Å². The van der Waals surface area contributed by atoms with Crippen LogP contribution >= 0.6 is 0 Å². The molecule has 0 aliphatic carbocycles. The third-order valence-electron chi connectivity index (χ3n) is 5.59. The molecule has 0 saturated heterocycles. The molecule has 0 spiro atoms. The third-order valence-corrected chi connectivity index (χ3v) is 6.51. The average molecular weight is 398 g/mol. The van der Waals surface area contributed by atoms with Gasteiger partial charge in [0.25, 0.3) is 0 Å². The van der Waals surface area contributed by atoms with Gasteiger partial charge in [-0.15, -0.1) is 0 Å². The second-order valence-corrected chi connectivity index (χ2v) is 9.05. The van der Waals surface area contributed by atoms with E-state index in [9.17, 15) is 13.2 Å². The van der Waals surface area contributed by atoms with Crippen molar-refractivity contribution in [2.75, 3.05) is 4.90 Å². The van der Waals surface area contributed by atoms with Gasteiger partial charge in [0.1, 0.15) is 5.58 Å². The molecule has 2 N–H and O–H groups in total. The summed E-state index contributed by atoms with van der Waals surface area (Å²) < 4.78 is 28.8. The summed E-state index contributed by atoms with van der Waals surface area (Å²) in [5.74, 6) is 0. The molecular formula is C21H22N2O4S. The first-order chi connectivity index (χ1) is 13.1. The zero-order valence-electron chi connectivity index (χ0n) is 16.0. The molecule has 3 aromatic rings. The van der Waals surface area contributed by atoms with Gasteiger partial charge >= 0.3 is 5.63 Å². The molecule has 0 amide bonds. The van der Waals surface area contributed by atoms with Crippen molar-refractivity contribution in [3.63, 3.8) is 0 Å². The number of primary sulfonamides is 1. The molecule has 1 atom stereocenters. The van der Waals surface area contributed by atoms with E-state index in [2.05, 4.69) is 11.8 Å². The highest BCUT2D eigenvalue weighted by atomic mass is 32.2. The summed E-state index contributed by atoms with van der Waals surface area (Å²) in [5.41, 5.74) is 5.09. The Bertz CT molecular complexity index is 1260. The number of hydrogen-bond acceptors (Lipinski definition) is 5. The number of aryl methyl sites for hydroxylation is 2. The number of anilines is 1. The molecule has 28 heavy (non-hydrogen) atoms. The molecule has 0 saturated carbocycles. The van der Waals surface area contributed by atoms with E-state index in [0.717, 1.165) is 39.7 Å². The molecule has 146 valence electrons. The number of nitrogens with two attached hydrogens (primary N) is 1. The minimum absolute atomic E-state index is 0.122. The molecule has 0 radical (unpaired) electrons. The Balaban J connectivity index is 1.79. The van der Waals surface area contributed by atoms with E-state index in [1.807, 2.05) is 26.0 Å². The topological polar surface area (TPSA) is 93.6 Å². The molecular weight excluding hydrogens is 376 g/mol. The lowest BCUT2D eigenvalue weighted by molar-refractivity contribution is 0.555. The number of nitrogens with zero attached hydrogens (tertiary/aromatic N) is 1. The Morgan fingerprint density at radius 3 is 2.64 bits per heavy atom. The summed E-state index contributed by atoms with van der Waals surface area (Å²) in [6, 6.07) is 10.7. The zero-order chi connectivity index (χ0) is 20.2. The van der Waals surface area contributed by atoms with Gasteiger partial charge in [-0.25, -0.2) is 18.4 Å². The van der Waals surface area contributed by atoms with Crippen LogP contribution in [-0.4, -0.2) is 14.5 Å². The first kappa shape index (κ1) is 18.7. The summed E-state index contributed by atoms with van der Waals surface area (Å²) in [7, 11) is -3.73. The number of rotatable bonds is 3. The van der Waals surface area contributed by atoms with Crippen LogP contribution in [0.15, 0.2) is 50.5 Å². The Hall–Kier alpha value is -2.64. The second kappa shape index (κ2) is 6.46. The highest BCUT2D eigenvalue weighted by Gasteiger charge is 2.28. The van der Waals surface area contributed by atoms with Crippen LogP contribution in [0.5, 0.6) is 0 Å². The average Bonchev–Trinajstić information content (AvgIpc) is 2.92. The molecule has 1 aromatic heterocycles. The van der Waals surface area contributed by atoms with Crippen LogP contribution in [0.3, 0.4) is 0 Å². The second-order valence-electron chi connectivity index (χ2n) is 7.49. The minimum atomic E-state index is -3.73. The molecule has 2 aromatic carbocycles. The summed E-state index contributed by atoms with van der Waals surface area (Å²) in [4.78, 5) is 14.5. The SMILES string of the molecule is Cc1ccc2c(CN3c4ccc(S(N)(=O)=O)cc4CC3C)cc(=O)oc2c1C. The lowest BCUT2D eigenvalue weighted by atomic mass is 10.0. The summed E-state index contributed by atoms with van der Waals surface area (Å²) in [5, 5.41) is 6.18. The fourth-order valence-corrected chi connectivity index (χ4v) is 4.49. The van der Waals surface area contributed by atoms with Crippen LogP contribution in [-0.2, 0) is 23.0 Å². The van der Waals surface area contributed by atoms with Gasteiger partial charge in [0.2, 0.25) is 10.0 Å². The van der Waals surface area contributed by atoms with Crippen molar-refractivity contribution in [3.8, 4) is 0 Å². The molecule has 1 aliphatic rings. The fraction of sp³-hybridized carbons (Fsp3) is 0.286. The van der Waals surface area contributed by atoms with Crippen LogP contribution in [0.2, 0.25) is 0 Å². The number of benzene rings is 2. The Morgan fingerprint density at radius 1 is 1.18 bits per heavy atom. The minimum Gasteiger partial charge on any atom is -0.422 e. The Labute approximate surface area is 163 Å². The molecule has 0 fully saturated rings. The lowest BCUT2D eigenvalue weighted by Crippen LogP contribution is -2.29. The van der Waals surface area contributed by atoms with E-state index >= 15 is 0 Å². The van der Waals surface area contributed by atoms with E-state index in [-0.39, 0.29) is 16.6 Å². The molecule has 2 heterocycles. The lowest BCUT2D eigenvalue weighted by Gasteiger charge is -2.25. The van der Waals surface area contributed by atoms with Crippen molar-refractivity contribution in [1.29, 1.82) is 0 Å². The molecule has 0 bridgehead atoms. The van der Waals surface area contributed by atoms with E-state index in [1.54, 1.807) is 18.2 Å². The summed E-state index contributed by atoms with van der Waals surface area (Å²) >= 11 is 0. The van der Waals surface area contributed by atoms with Gasteiger partial charge in [0, 0.05) is 29.7 Å². The summed E-state index contributed by atoms with van der Waals surface area (Å²) in [6.07, 6.45) is 0.718. The Morgan fingerprint density at radius 2 is 1.93 bits per heavy atom. The highest BCUT2D eigenvalue weighted by molar-refractivity contribution is 7.89. The molecule has 7 heteroatoms. The first-order valence-electron chi connectivity index (χ1n) is 9.10. The van der Waals surface area contributed by atoms with Crippen molar-refractivity contribution >= 4 is 26.7 Å². The van der Waals surface area contributed by atoms with Crippen molar-refractivity contribution in [1.82, 2.24) is 0 Å². The van der Waals surface area contributed by atoms with Crippen molar-refractivity contribution in [3.05, 3.63) is 69.1 Å². The maximum Gasteiger partial charge on any atom is 0.336 e. The smallest absolute Gasteiger partial charge is 0.336 e. The normalized spacial score (nSPS) is 16.6. The molecule has 6 nitrogen and oxygen atoms in total. The van der Waals surface area contributed by atoms with Gasteiger partial charge in [-0.3, -0.25) is 0 Å². The van der Waals surface area contributed by atoms with Crippen LogP contribution in [0.4, 0.5) is 5.69 Å². The number of hydrogen-bond donors (Lipinski definition) is 1. The predicted molar refractivity (Wildman–Crippen MR) is 109 cm³/mol. The van der Waals surface area contributed by atoms with Crippen LogP contribution in [0.25, 0.3) is 11.0 Å². The van der Waals surface area contributed by atoms with E-state index in [0.29, 0.717) is 12.1 Å². The zero-order valence-corrected chi connectivity index (χ0v) is 16.8. The standard InChI is InChI=1S/C21H22N2O4S/c1-12-4-6-18-16(10-20(24)27-21(18)14(12)3)11-23-13(2)8-15-9-17(28(22,25)26)5-7-19(15)23/h4-7,9-10,13H,8,11H2,1-3H3,(H2,22,25,26). The first-order valence-corrected chi connectivity index (χ1v) is 10.6. The maximum atomic E-state index is 12.2. The van der Waals surface area contributed by atoms with Crippen LogP contribution < -0.4 is 15.7 Å². The van der Waals surface area contributed by atoms with E-state index in [4.69, 9.17) is 9.56 Å². The van der Waals surface area contributed by atoms with Crippen molar-refractivity contribution in [2.45, 2.75) is 44.7 Å². The maximum absolute atomic E-state index is 12.2. The van der Waals surface area contributed by atoms with Gasteiger partial charge in [0.05, 0.1) is 4.90 Å². The molecule has 4 rings (SSSR count). The highest BCUT2D eigenvalue weighted by Crippen LogP contribution is 2.35. The van der Waals surface area contributed by atoms with Gasteiger partial charge in [-0.1, -0.05) is 12.1 Å². The van der Waals surface area contributed by atoms with Crippen molar-refractivity contribution < 1.29 is 12.8 Å². The van der Waals surface area contributed by atoms with Crippen LogP contribution in [0.1, 0.15) is 29.2 Å². The fourth-order valence-electron chi connectivity index (χ4n) is 3.93. The van der Waals surface area contributed by atoms with Crippen molar-refractivity contribution in [2.24, 2.45) is 5.14 Å². The molecule has 1 aliphatic heterocycles. The number of fused-ring (bicyclic) bond motifs is 2. The van der Waals surface area contributed by atoms with Gasteiger partial charge in [-0.2, -0.15) is 0 Å². The Kier molecular flexibility index (Phi) is 4.32. The van der Waals surface area contributed by atoms with Gasteiger partial charge in [-0.05, 0) is 67.6 Å². The quantitative estimate of drug-likeness (QED) is 0.685. The van der Waals surface area contributed by atoms with Crippen LogP contribution in [0, 0.1) is 13.8 Å². The summed E-state index contributed by atoms with van der Waals surface area (Å²) in [6.45, 7) is 6.56. The predicted octanol–water partition coefficient (Wildman–Crippen LogP) is 3.01. The third kappa shape index (κ3) is 3.10. The number of sulfonamides is 1. The molecule has 1 unspecified atom stereocenters. The monoisotopic (exact) mass is 398 g/mol. The van der Waals surface area contributed by atoms with Gasteiger partial charge in [0.15, 0.2) is 0 Å². The largest absolute Gasteiger partial charge is 0.422 e. The van der Waals surface area contributed by atoms with E-state index in [1.165, 1.54) is 6.07 Å².